The maximum Gasteiger partial charge on any atom is 0.354 e. The van der Waals surface area contributed by atoms with Gasteiger partial charge in [0.2, 0.25) is 5.91 Å². The molecule has 1 fully saturated rings. The number of alkyl halides is 1. The van der Waals surface area contributed by atoms with Crippen molar-refractivity contribution in [2.75, 3.05) is 7.11 Å². The summed E-state index contributed by atoms with van der Waals surface area (Å²) in [4.78, 5) is 35.5. The monoisotopic (exact) mass is 335 g/mol. The second-order valence-corrected chi connectivity index (χ2v) is 6.23. The zero-order valence-corrected chi connectivity index (χ0v) is 12.9. The molecule has 100 valence electrons. The standard InChI is InChI=1S/C11H14BrNO4S/c1-5(2)8(11(16)17-4)13-9(15)7(12)10(13)18-6(3)14/h7,10H,1-4H3/t7-,10+/m0/s1. The van der Waals surface area contributed by atoms with Crippen LogP contribution in [0.25, 0.3) is 0 Å². The van der Waals surface area contributed by atoms with E-state index in [1.54, 1.807) is 13.8 Å². The molecule has 0 aromatic heterocycles. The van der Waals surface area contributed by atoms with Crippen LogP contribution in [0.15, 0.2) is 11.3 Å². The number of halogens is 1. The van der Waals surface area contributed by atoms with Gasteiger partial charge in [-0.1, -0.05) is 27.7 Å². The van der Waals surface area contributed by atoms with E-state index in [4.69, 9.17) is 0 Å². The molecule has 2 atom stereocenters. The molecule has 1 amide bonds. The highest BCUT2D eigenvalue weighted by Gasteiger charge is 2.50. The molecule has 1 aliphatic heterocycles. The highest BCUT2D eigenvalue weighted by molar-refractivity contribution is 9.10. The van der Waals surface area contributed by atoms with Gasteiger partial charge in [0.1, 0.15) is 15.9 Å². The minimum atomic E-state index is -0.572. The Morgan fingerprint density at radius 3 is 2.28 bits per heavy atom. The fourth-order valence-corrected chi connectivity index (χ4v) is 3.26. The van der Waals surface area contributed by atoms with Gasteiger partial charge in [-0.25, -0.2) is 4.79 Å². The van der Waals surface area contributed by atoms with Gasteiger partial charge in [0.25, 0.3) is 0 Å². The van der Waals surface area contributed by atoms with Crippen molar-refractivity contribution in [2.24, 2.45) is 0 Å². The first-order valence-electron chi connectivity index (χ1n) is 5.21. The molecule has 18 heavy (non-hydrogen) atoms. The lowest BCUT2D eigenvalue weighted by Crippen LogP contribution is -2.61. The molecule has 0 aromatic rings. The Kier molecular flexibility index (Phi) is 4.98. The van der Waals surface area contributed by atoms with Crippen LogP contribution >= 0.6 is 27.7 Å². The summed E-state index contributed by atoms with van der Waals surface area (Å²) in [6, 6.07) is 0. The molecule has 0 spiro atoms. The molecule has 7 heteroatoms. The first kappa shape index (κ1) is 15.2. The minimum absolute atomic E-state index is 0.111. The largest absolute Gasteiger partial charge is 0.464 e. The van der Waals surface area contributed by atoms with Gasteiger partial charge in [-0.2, -0.15) is 0 Å². The fraction of sp³-hybridized carbons (Fsp3) is 0.545. The maximum absolute atomic E-state index is 11.8. The van der Waals surface area contributed by atoms with Crippen LogP contribution in [0.3, 0.4) is 0 Å². The van der Waals surface area contributed by atoms with Gasteiger partial charge in [0, 0.05) is 6.92 Å². The number of likely N-dealkylation sites (tertiary alicyclic amines) is 1. The third-order valence-corrected chi connectivity index (χ3v) is 4.66. The van der Waals surface area contributed by atoms with Crippen molar-refractivity contribution in [3.63, 3.8) is 0 Å². The maximum atomic E-state index is 11.8. The number of hydrogen-bond donors (Lipinski definition) is 0. The Labute approximate surface area is 118 Å². The Morgan fingerprint density at radius 1 is 1.33 bits per heavy atom. The third kappa shape index (κ3) is 2.77. The zero-order valence-electron chi connectivity index (χ0n) is 10.5. The van der Waals surface area contributed by atoms with E-state index in [1.165, 1.54) is 18.9 Å². The zero-order chi connectivity index (χ0) is 14.0. The molecule has 1 aliphatic rings. The number of rotatable bonds is 3. The SMILES string of the molecule is COC(=O)C(=C(C)C)N1C(=O)[C@H](Br)[C@H]1SC(C)=O. The lowest BCUT2D eigenvalue weighted by molar-refractivity contribution is -0.146. The van der Waals surface area contributed by atoms with E-state index in [2.05, 4.69) is 20.7 Å². The average molecular weight is 336 g/mol. The molecule has 5 nitrogen and oxygen atoms in total. The van der Waals surface area contributed by atoms with Crippen LogP contribution < -0.4 is 0 Å². The van der Waals surface area contributed by atoms with Crippen molar-refractivity contribution in [2.45, 2.75) is 31.0 Å². The van der Waals surface area contributed by atoms with Crippen molar-refractivity contribution in [1.29, 1.82) is 0 Å². The van der Waals surface area contributed by atoms with Crippen LogP contribution in [0.4, 0.5) is 0 Å². The number of thioether (sulfide) groups is 1. The average Bonchev–Trinajstić information content (AvgIpc) is 2.31. The van der Waals surface area contributed by atoms with Gasteiger partial charge in [0.05, 0.1) is 7.11 Å². The predicted octanol–water partition coefficient (Wildman–Crippen LogP) is 1.66. The first-order valence-corrected chi connectivity index (χ1v) is 7.01. The van der Waals surface area contributed by atoms with E-state index in [0.717, 1.165) is 11.8 Å². The molecule has 0 aliphatic carbocycles. The van der Waals surface area contributed by atoms with E-state index in [9.17, 15) is 14.4 Å². The van der Waals surface area contributed by atoms with Crippen molar-refractivity contribution < 1.29 is 19.1 Å². The Morgan fingerprint density at radius 2 is 1.89 bits per heavy atom. The number of amides is 1. The summed E-state index contributed by atoms with van der Waals surface area (Å²) in [7, 11) is 1.26. The van der Waals surface area contributed by atoms with Crippen LogP contribution in [0.5, 0.6) is 0 Å². The predicted molar refractivity (Wildman–Crippen MR) is 72.0 cm³/mol. The highest BCUT2D eigenvalue weighted by Crippen LogP contribution is 2.39. The van der Waals surface area contributed by atoms with Gasteiger partial charge in [0.15, 0.2) is 5.12 Å². The minimum Gasteiger partial charge on any atom is -0.464 e. The van der Waals surface area contributed by atoms with Crippen LogP contribution in [0.2, 0.25) is 0 Å². The number of esters is 1. The number of ether oxygens (including phenoxy) is 1. The normalized spacial score (nSPS) is 22.3. The Bertz CT molecular complexity index is 431. The number of hydrogen-bond acceptors (Lipinski definition) is 5. The quantitative estimate of drug-likeness (QED) is 0.339. The number of allylic oxidation sites excluding steroid dienone is 1. The van der Waals surface area contributed by atoms with Crippen molar-refractivity contribution in [3.05, 3.63) is 11.3 Å². The summed E-state index contributed by atoms with van der Waals surface area (Å²) in [6.45, 7) is 4.86. The number of carbonyl (C=O) groups is 3. The van der Waals surface area contributed by atoms with Crippen molar-refractivity contribution in [1.82, 2.24) is 4.90 Å². The summed E-state index contributed by atoms with van der Waals surface area (Å²) in [5.74, 6) is -0.813. The highest BCUT2D eigenvalue weighted by atomic mass is 79.9. The summed E-state index contributed by atoms with van der Waals surface area (Å²) >= 11 is 4.22. The third-order valence-electron chi connectivity index (χ3n) is 2.36. The van der Waals surface area contributed by atoms with Crippen LogP contribution in [0, 0.1) is 0 Å². The van der Waals surface area contributed by atoms with Gasteiger partial charge in [-0.15, -0.1) is 0 Å². The summed E-state index contributed by atoms with van der Waals surface area (Å²) in [5.41, 5.74) is 0.876. The molecule has 1 heterocycles. The number of β-lactam (4-membered cyclic amide) rings is 1. The van der Waals surface area contributed by atoms with Crippen LogP contribution in [-0.2, 0) is 19.1 Å². The number of carbonyl (C=O) groups excluding carboxylic acids is 3. The second kappa shape index (κ2) is 5.88. The molecule has 0 aromatic carbocycles. The van der Waals surface area contributed by atoms with Crippen molar-refractivity contribution in [3.8, 4) is 0 Å². The van der Waals surface area contributed by atoms with Crippen LogP contribution in [0.1, 0.15) is 20.8 Å². The van der Waals surface area contributed by atoms with E-state index < -0.39 is 16.2 Å². The molecule has 0 bridgehead atoms. The molecule has 0 unspecified atom stereocenters. The van der Waals surface area contributed by atoms with E-state index in [0.29, 0.717) is 5.57 Å². The summed E-state index contributed by atoms with van der Waals surface area (Å²) in [6.07, 6.45) is 0. The van der Waals surface area contributed by atoms with Crippen molar-refractivity contribution >= 4 is 44.7 Å². The van der Waals surface area contributed by atoms with Gasteiger partial charge < -0.3 is 4.74 Å². The molecule has 0 saturated carbocycles. The number of methoxy groups -OCH3 is 1. The van der Waals surface area contributed by atoms with E-state index in [-0.39, 0.29) is 16.7 Å². The van der Waals surface area contributed by atoms with Gasteiger partial charge in [-0.05, 0) is 19.4 Å². The van der Waals surface area contributed by atoms with Gasteiger partial charge >= 0.3 is 5.97 Å². The lowest BCUT2D eigenvalue weighted by Gasteiger charge is -2.44. The molecule has 1 rings (SSSR count). The topological polar surface area (TPSA) is 63.7 Å². The first-order chi connectivity index (χ1) is 8.31. The molecule has 0 N–H and O–H groups in total. The van der Waals surface area contributed by atoms with Crippen LogP contribution in [-0.4, -0.2) is 39.2 Å². The lowest BCUT2D eigenvalue weighted by atomic mass is 10.1. The smallest absolute Gasteiger partial charge is 0.354 e. The molecular formula is C11H14BrNO4S. The Hall–Kier alpha value is -0.820. The van der Waals surface area contributed by atoms with E-state index in [1.807, 2.05) is 0 Å². The van der Waals surface area contributed by atoms with Gasteiger partial charge in [-0.3, -0.25) is 14.5 Å². The fourth-order valence-electron chi connectivity index (χ4n) is 1.59. The number of nitrogens with zero attached hydrogens (tertiary/aromatic N) is 1. The Balaban J connectivity index is 3.05. The molecule has 0 radical (unpaired) electrons. The molecular weight excluding hydrogens is 322 g/mol. The summed E-state index contributed by atoms with van der Waals surface area (Å²) in [5, 5.41) is -0.515. The second-order valence-electron chi connectivity index (χ2n) is 3.95. The molecule has 1 saturated heterocycles. The summed E-state index contributed by atoms with van der Waals surface area (Å²) < 4.78 is 4.67. The van der Waals surface area contributed by atoms with E-state index >= 15 is 0 Å².